The molecule has 5 heteroatoms. The normalized spacial score (nSPS) is 11.5. The molecule has 0 aliphatic heterocycles. The van der Waals surface area contributed by atoms with E-state index in [0.717, 1.165) is 23.1 Å². The molecule has 2 heterocycles. The van der Waals surface area contributed by atoms with Crippen molar-refractivity contribution < 1.29 is 4.39 Å². The maximum absolute atomic E-state index is 13.5. The topological polar surface area (TPSA) is 52.9 Å². The second-order valence-corrected chi connectivity index (χ2v) is 6.24. The second-order valence-electron chi connectivity index (χ2n) is 6.24. The number of pyridine rings is 1. The number of aromatic nitrogens is 2. The van der Waals surface area contributed by atoms with Crippen molar-refractivity contribution in [2.75, 3.05) is 5.73 Å². The number of nitrogens with zero attached hydrogens (tertiary/aromatic N) is 2. The zero-order valence-corrected chi connectivity index (χ0v) is 13.3. The van der Waals surface area contributed by atoms with E-state index in [0.29, 0.717) is 12.5 Å². The zero-order chi connectivity index (χ0) is 16.6. The van der Waals surface area contributed by atoms with E-state index in [1.54, 1.807) is 29.0 Å². The number of rotatable bonds is 4. The molecular formula is C18H20FN3O. The molecule has 0 fully saturated rings. The molecule has 0 radical (unpaired) electrons. The summed E-state index contributed by atoms with van der Waals surface area (Å²) in [5.41, 5.74) is 7.66. The summed E-state index contributed by atoms with van der Waals surface area (Å²) in [6.45, 7) is 5.48. The second kappa shape index (κ2) is 5.91. The number of anilines is 1. The Hall–Kier alpha value is -2.56. The molecule has 120 valence electrons. The van der Waals surface area contributed by atoms with Gasteiger partial charge in [0, 0.05) is 29.3 Å². The Bertz CT molecular complexity index is 908. The summed E-state index contributed by atoms with van der Waals surface area (Å²) < 4.78 is 17.2. The van der Waals surface area contributed by atoms with Crippen LogP contribution in [0.4, 0.5) is 10.1 Å². The van der Waals surface area contributed by atoms with Crippen LogP contribution in [-0.2, 0) is 13.1 Å². The van der Waals surface area contributed by atoms with Crippen molar-refractivity contribution in [1.82, 2.24) is 9.13 Å². The fourth-order valence-corrected chi connectivity index (χ4v) is 2.87. The quantitative estimate of drug-likeness (QED) is 0.804. The summed E-state index contributed by atoms with van der Waals surface area (Å²) in [4.78, 5) is 12.1. The standard InChI is InChI=1S/C18H20FN3O/c1-12(2)10-22-15(9-13-8-14(19)5-6-17(13)22)11-21-7-3-4-16(20)18(21)23/h3-9,12H,10-11,20H2,1-2H3. The summed E-state index contributed by atoms with van der Waals surface area (Å²) >= 11 is 0. The lowest BCUT2D eigenvalue weighted by Gasteiger charge is -2.14. The highest BCUT2D eigenvalue weighted by Gasteiger charge is 2.12. The summed E-state index contributed by atoms with van der Waals surface area (Å²) in [5, 5.41) is 0.845. The molecular weight excluding hydrogens is 293 g/mol. The van der Waals surface area contributed by atoms with E-state index in [-0.39, 0.29) is 17.1 Å². The van der Waals surface area contributed by atoms with Crippen LogP contribution in [-0.4, -0.2) is 9.13 Å². The van der Waals surface area contributed by atoms with Gasteiger partial charge in [-0.3, -0.25) is 4.79 Å². The number of nitrogen functional groups attached to an aromatic ring is 1. The summed E-state index contributed by atoms with van der Waals surface area (Å²) in [5.74, 6) is 0.179. The van der Waals surface area contributed by atoms with E-state index in [1.165, 1.54) is 12.1 Å². The molecule has 3 aromatic rings. The Morgan fingerprint density at radius 1 is 1.22 bits per heavy atom. The number of benzene rings is 1. The van der Waals surface area contributed by atoms with Crippen molar-refractivity contribution in [3.63, 3.8) is 0 Å². The lowest BCUT2D eigenvalue weighted by molar-refractivity contribution is 0.515. The first kappa shape index (κ1) is 15.3. The van der Waals surface area contributed by atoms with E-state index in [4.69, 9.17) is 5.73 Å². The molecule has 0 bridgehead atoms. The minimum Gasteiger partial charge on any atom is -0.394 e. The Kier molecular flexibility index (Phi) is 3.94. The van der Waals surface area contributed by atoms with Crippen LogP contribution in [0.25, 0.3) is 10.9 Å². The van der Waals surface area contributed by atoms with Crippen molar-refractivity contribution in [2.45, 2.75) is 26.9 Å². The van der Waals surface area contributed by atoms with E-state index >= 15 is 0 Å². The van der Waals surface area contributed by atoms with Gasteiger partial charge in [0.05, 0.1) is 12.2 Å². The van der Waals surface area contributed by atoms with Gasteiger partial charge in [0.25, 0.3) is 5.56 Å². The van der Waals surface area contributed by atoms with Gasteiger partial charge in [-0.05, 0) is 42.3 Å². The van der Waals surface area contributed by atoms with Gasteiger partial charge in [0.2, 0.25) is 0 Å². The third-order valence-corrected chi connectivity index (χ3v) is 3.88. The average Bonchev–Trinajstić information content (AvgIpc) is 2.80. The molecule has 0 saturated heterocycles. The van der Waals surface area contributed by atoms with Gasteiger partial charge in [0.15, 0.2) is 0 Å². The number of halogens is 1. The number of fused-ring (bicyclic) bond motifs is 1. The van der Waals surface area contributed by atoms with Gasteiger partial charge < -0.3 is 14.9 Å². The van der Waals surface area contributed by atoms with Crippen LogP contribution in [0.3, 0.4) is 0 Å². The van der Waals surface area contributed by atoms with Crippen molar-refractivity contribution in [3.05, 3.63) is 64.5 Å². The SMILES string of the molecule is CC(C)Cn1c(Cn2cccc(N)c2=O)cc2cc(F)ccc21. The number of hydrogen-bond acceptors (Lipinski definition) is 2. The monoisotopic (exact) mass is 313 g/mol. The van der Waals surface area contributed by atoms with Crippen LogP contribution >= 0.6 is 0 Å². The van der Waals surface area contributed by atoms with Gasteiger partial charge in [-0.2, -0.15) is 0 Å². The van der Waals surface area contributed by atoms with E-state index in [9.17, 15) is 9.18 Å². The highest BCUT2D eigenvalue weighted by Crippen LogP contribution is 2.23. The summed E-state index contributed by atoms with van der Waals surface area (Å²) in [6, 6.07) is 10.1. The molecule has 0 spiro atoms. The highest BCUT2D eigenvalue weighted by molar-refractivity contribution is 5.81. The fourth-order valence-electron chi connectivity index (χ4n) is 2.87. The first-order chi connectivity index (χ1) is 11.0. The largest absolute Gasteiger partial charge is 0.394 e. The van der Waals surface area contributed by atoms with E-state index in [1.807, 2.05) is 6.07 Å². The maximum atomic E-state index is 13.5. The summed E-state index contributed by atoms with van der Waals surface area (Å²) in [6.07, 6.45) is 1.72. The van der Waals surface area contributed by atoms with Gasteiger partial charge >= 0.3 is 0 Å². The molecule has 4 nitrogen and oxygen atoms in total. The summed E-state index contributed by atoms with van der Waals surface area (Å²) in [7, 11) is 0. The van der Waals surface area contributed by atoms with Gasteiger partial charge in [-0.1, -0.05) is 13.8 Å². The van der Waals surface area contributed by atoms with Gasteiger partial charge in [0.1, 0.15) is 5.82 Å². The van der Waals surface area contributed by atoms with Crippen LogP contribution in [0, 0.1) is 11.7 Å². The third kappa shape index (κ3) is 2.99. The molecule has 2 N–H and O–H groups in total. The minimum atomic E-state index is -0.258. The smallest absolute Gasteiger partial charge is 0.274 e. The van der Waals surface area contributed by atoms with Crippen LogP contribution < -0.4 is 11.3 Å². The van der Waals surface area contributed by atoms with Crippen molar-refractivity contribution in [2.24, 2.45) is 5.92 Å². The molecule has 2 aromatic heterocycles. The average molecular weight is 313 g/mol. The van der Waals surface area contributed by atoms with Crippen molar-refractivity contribution in [3.8, 4) is 0 Å². The first-order valence-corrected chi connectivity index (χ1v) is 7.68. The van der Waals surface area contributed by atoms with Crippen LogP contribution in [0.2, 0.25) is 0 Å². The fraction of sp³-hybridized carbons (Fsp3) is 0.278. The maximum Gasteiger partial charge on any atom is 0.274 e. The zero-order valence-electron chi connectivity index (χ0n) is 13.3. The lowest BCUT2D eigenvalue weighted by Crippen LogP contribution is -2.23. The molecule has 1 aromatic carbocycles. The molecule has 23 heavy (non-hydrogen) atoms. The molecule has 0 amide bonds. The number of nitrogens with two attached hydrogens (primary N) is 1. The molecule has 0 atom stereocenters. The lowest BCUT2D eigenvalue weighted by atomic mass is 10.2. The van der Waals surface area contributed by atoms with E-state index < -0.39 is 0 Å². The molecule has 3 rings (SSSR count). The van der Waals surface area contributed by atoms with Gasteiger partial charge in [-0.25, -0.2) is 4.39 Å². The number of hydrogen-bond donors (Lipinski definition) is 1. The Morgan fingerprint density at radius 2 is 2.00 bits per heavy atom. The Balaban J connectivity index is 2.12. The van der Waals surface area contributed by atoms with Crippen LogP contribution in [0.5, 0.6) is 0 Å². The highest BCUT2D eigenvalue weighted by atomic mass is 19.1. The third-order valence-electron chi connectivity index (χ3n) is 3.88. The van der Waals surface area contributed by atoms with Crippen molar-refractivity contribution in [1.29, 1.82) is 0 Å². The molecule has 0 aliphatic rings. The Morgan fingerprint density at radius 3 is 2.74 bits per heavy atom. The van der Waals surface area contributed by atoms with Crippen LogP contribution in [0.15, 0.2) is 47.4 Å². The molecule has 0 unspecified atom stereocenters. The Labute approximate surface area is 134 Å². The predicted octanol–water partition coefficient (Wildman–Crippen LogP) is 3.23. The van der Waals surface area contributed by atoms with Gasteiger partial charge in [-0.15, -0.1) is 0 Å². The van der Waals surface area contributed by atoms with Crippen LogP contribution in [0.1, 0.15) is 19.5 Å². The molecule has 0 aliphatic carbocycles. The van der Waals surface area contributed by atoms with E-state index in [2.05, 4.69) is 18.4 Å². The predicted molar refractivity (Wildman–Crippen MR) is 91.0 cm³/mol. The molecule has 0 saturated carbocycles. The van der Waals surface area contributed by atoms with Crippen molar-refractivity contribution >= 4 is 16.6 Å². The minimum absolute atomic E-state index is 0.208. The first-order valence-electron chi connectivity index (χ1n) is 7.68.